The molecule has 6 nitrogen and oxygen atoms in total. The van der Waals surface area contributed by atoms with Gasteiger partial charge < -0.3 is 15.1 Å². The van der Waals surface area contributed by atoms with Crippen LogP contribution in [-0.2, 0) is 13.7 Å². The lowest BCUT2D eigenvalue weighted by Gasteiger charge is -2.10. The first-order chi connectivity index (χ1) is 6.88. The number of nitrogens with one attached hydrogen (secondary N) is 1. The molecule has 1 saturated heterocycles. The Hall–Kier alpha value is 0.520. The summed E-state index contributed by atoms with van der Waals surface area (Å²) in [6, 6.07) is 0. The van der Waals surface area contributed by atoms with Gasteiger partial charge in [0, 0.05) is 12.5 Å². The molecule has 0 spiro atoms. The minimum atomic E-state index is -4.27. The average Bonchev–Trinajstić information content (AvgIpc) is 2.50. The third-order valence-corrected chi connectivity index (χ3v) is 5.58. The van der Waals surface area contributed by atoms with Gasteiger partial charge in [-0.3, -0.25) is 4.57 Å². The zero-order chi connectivity index (χ0) is 11.5. The first-order valence-electron chi connectivity index (χ1n) is 4.43. The Balaban J connectivity index is 2.34. The van der Waals surface area contributed by atoms with Gasteiger partial charge in [-0.1, -0.05) is 0 Å². The fraction of sp³-hybridized carbons (Fsp3) is 1.00. The lowest BCUT2D eigenvalue weighted by molar-refractivity contribution is 0.240. The van der Waals surface area contributed by atoms with Gasteiger partial charge in [0.2, 0.25) is 0 Å². The fourth-order valence-corrected chi connectivity index (χ4v) is 3.76. The molecule has 0 radical (unpaired) electrons. The van der Waals surface area contributed by atoms with E-state index in [-0.39, 0.29) is 5.92 Å². The van der Waals surface area contributed by atoms with Crippen molar-refractivity contribution in [3.8, 4) is 0 Å². The van der Waals surface area contributed by atoms with Crippen molar-refractivity contribution in [2.24, 2.45) is 5.92 Å². The van der Waals surface area contributed by atoms with E-state index in [9.17, 15) is 9.13 Å². The molecule has 1 rings (SSSR count). The quantitative estimate of drug-likeness (QED) is 0.335. The molecule has 0 saturated carbocycles. The number of hydrogen-bond donors (Lipinski definition) is 4. The summed E-state index contributed by atoms with van der Waals surface area (Å²) in [6.45, 7) is 1.59. The van der Waals surface area contributed by atoms with Crippen LogP contribution in [0.5, 0.6) is 0 Å². The SMILES string of the molecule is O=[P+](CP(=O)(O)O)OC(S)C1CCNC1. The van der Waals surface area contributed by atoms with E-state index in [2.05, 4.69) is 17.9 Å². The van der Waals surface area contributed by atoms with Gasteiger partial charge in [0.05, 0.1) is 0 Å². The molecule has 0 aliphatic carbocycles. The average molecular weight is 274 g/mol. The number of thiol groups is 1. The third kappa shape index (κ3) is 5.41. The minimum Gasteiger partial charge on any atom is -0.321 e. The van der Waals surface area contributed by atoms with Crippen LogP contribution in [0.1, 0.15) is 6.42 Å². The zero-order valence-electron chi connectivity index (χ0n) is 7.94. The predicted octanol–water partition coefficient (Wildman–Crippen LogP) is 0.746. The Bertz CT molecular complexity index is 277. The Morgan fingerprint density at radius 1 is 1.67 bits per heavy atom. The van der Waals surface area contributed by atoms with Gasteiger partial charge in [0.15, 0.2) is 5.44 Å². The number of hydrogen-bond acceptors (Lipinski definition) is 5. The second kappa shape index (κ2) is 5.73. The van der Waals surface area contributed by atoms with Gasteiger partial charge >= 0.3 is 15.6 Å². The summed E-state index contributed by atoms with van der Waals surface area (Å²) in [5.41, 5.74) is -0.532. The standard InChI is InChI=1S/C6H13NO5P2S/c8-13(4-14(9,10)11)12-6(15)5-1-2-7-3-5/h5-7H,1-4H2,(H2-,9,10,11,15)/p+1. The van der Waals surface area contributed by atoms with Gasteiger partial charge in [-0.05, 0) is 17.5 Å². The lowest BCUT2D eigenvalue weighted by atomic mass is 10.1. The predicted molar refractivity (Wildman–Crippen MR) is 59.4 cm³/mol. The molecule has 3 unspecified atom stereocenters. The highest BCUT2D eigenvalue weighted by Gasteiger charge is 2.36. The largest absolute Gasteiger partial charge is 0.522 e. The van der Waals surface area contributed by atoms with E-state index in [4.69, 9.17) is 14.3 Å². The molecule has 1 heterocycles. The van der Waals surface area contributed by atoms with E-state index in [1.807, 2.05) is 0 Å². The fourth-order valence-electron chi connectivity index (χ4n) is 1.31. The molecule has 0 aromatic rings. The molecule has 0 aromatic heterocycles. The maximum Gasteiger partial charge on any atom is 0.522 e. The highest BCUT2D eigenvalue weighted by molar-refractivity contribution is 7.81. The van der Waals surface area contributed by atoms with Crippen molar-refractivity contribution in [1.29, 1.82) is 0 Å². The Morgan fingerprint density at radius 3 is 2.80 bits per heavy atom. The maximum absolute atomic E-state index is 11.2. The molecule has 1 aliphatic rings. The van der Waals surface area contributed by atoms with Crippen molar-refractivity contribution >= 4 is 28.3 Å². The van der Waals surface area contributed by atoms with Crippen molar-refractivity contribution in [3.05, 3.63) is 0 Å². The van der Waals surface area contributed by atoms with E-state index in [0.717, 1.165) is 19.5 Å². The van der Waals surface area contributed by atoms with E-state index >= 15 is 0 Å². The second-order valence-corrected chi connectivity index (χ2v) is 7.23. The summed E-state index contributed by atoms with van der Waals surface area (Å²) >= 11 is 4.12. The Labute approximate surface area is 94.2 Å². The Morgan fingerprint density at radius 2 is 2.33 bits per heavy atom. The van der Waals surface area contributed by atoms with Crippen LogP contribution >= 0.6 is 28.3 Å². The summed E-state index contributed by atoms with van der Waals surface area (Å²) in [4.78, 5) is 17.2. The monoisotopic (exact) mass is 274 g/mol. The Kier molecular flexibility index (Phi) is 5.19. The summed E-state index contributed by atoms with van der Waals surface area (Å²) in [5.74, 6) is -0.594. The van der Waals surface area contributed by atoms with Crippen LogP contribution in [0.2, 0.25) is 0 Å². The highest BCUT2D eigenvalue weighted by atomic mass is 32.1. The minimum absolute atomic E-state index is 0.143. The molecule has 88 valence electrons. The van der Waals surface area contributed by atoms with Crippen molar-refractivity contribution in [2.45, 2.75) is 11.9 Å². The first kappa shape index (κ1) is 13.6. The van der Waals surface area contributed by atoms with Gasteiger partial charge in [-0.15, -0.1) is 17.2 Å². The highest BCUT2D eigenvalue weighted by Crippen LogP contribution is 2.46. The van der Waals surface area contributed by atoms with Gasteiger partial charge in [-0.25, -0.2) is 0 Å². The molecule has 0 aromatic carbocycles. The molecule has 3 atom stereocenters. The van der Waals surface area contributed by atoms with E-state index in [1.54, 1.807) is 0 Å². The normalized spacial score (nSPS) is 25.3. The van der Waals surface area contributed by atoms with E-state index in [1.165, 1.54) is 0 Å². The van der Waals surface area contributed by atoms with Gasteiger partial charge in [0.1, 0.15) is 0 Å². The van der Waals surface area contributed by atoms with Crippen LogP contribution in [0.4, 0.5) is 0 Å². The van der Waals surface area contributed by atoms with Crippen molar-refractivity contribution in [1.82, 2.24) is 5.32 Å². The molecule has 9 heteroatoms. The van der Waals surface area contributed by atoms with Crippen molar-refractivity contribution < 1.29 is 23.4 Å². The van der Waals surface area contributed by atoms with Crippen LogP contribution in [0.3, 0.4) is 0 Å². The van der Waals surface area contributed by atoms with Crippen LogP contribution in [0.25, 0.3) is 0 Å². The first-order valence-corrected chi connectivity index (χ1v) is 8.11. The zero-order valence-corrected chi connectivity index (χ0v) is 10.6. The molecule has 15 heavy (non-hydrogen) atoms. The third-order valence-electron chi connectivity index (χ3n) is 2.03. The topological polar surface area (TPSA) is 95.9 Å². The van der Waals surface area contributed by atoms with Gasteiger partial charge in [0.25, 0.3) is 5.90 Å². The molecular weight excluding hydrogens is 260 g/mol. The van der Waals surface area contributed by atoms with Crippen molar-refractivity contribution in [2.75, 3.05) is 19.0 Å². The maximum atomic E-state index is 11.2. The van der Waals surface area contributed by atoms with Crippen LogP contribution in [0, 0.1) is 5.92 Å². The molecule has 0 bridgehead atoms. The molecule has 3 N–H and O–H groups in total. The molecule has 1 fully saturated rings. The van der Waals surface area contributed by atoms with E-state index in [0.29, 0.717) is 0 Å². The molecular formula is C6H14NO5P2S+. The summed E-state index contributed by atoms with van der Waals surface area (Å²) in [6.07, 6.45) is 0.868. The van der Waals surface area contributed by atoms with E-state index < -0.39 is 27.0 Å². The second-order valence-electron chi connectivity index (χ2n) is 3.39. The van der Waals surface area contributed by atoms with Crippen molar-refractivity contribution in [3.63, 3.8) is 0 Å². The number of rotatable bonds is 5. The smallest absolute Gasteiger partial charge is 0.321 e. The summed E-state index contributed by atoms with van der Waals surface area (Å²) in [7, 11) is -6.61. The molecule has 0 amide bonds. The summed E-state index contributed by atoms with van der Waals surface area (Å²) < 4.78 is 26.7. The summed E-state index contributed by atoms with van der Waals surface area (Å²) in [5, 5.41) is 3.10. The lowest BCUT2D eigenvalue weighted by Crippen LogP contribution is -2.19. The molecule has 1 aliphatic heterocycles. The van der Waals surface area contributed by atoms with Crippen LogP contribution < -0.4 is 5.32 Å². The van der Waals surface area contributed by atoms with Crippen LogP contribution in [0.15, 0.2) is 0 Å². The van der Waals surface area contributed by atoms with Gasteiger partial charge in [-0.2, -0.15) is 0 Å². The van der Waals surface area contributed by atoms with Crippen LogP contribution in [-0.4, -0.2) is 34.2 Å².